The molecular weight excluding hydrogens is 514 g/mol. The van der Waals surface area contributed by atoms with Crippen molar-refractivity contribution in [2.45, 2.75) is 57.1 Å². The molecule has 2 aliphatic rings. The van der Waals surface area contributed by atoms with Crippen molar-refractivity contribution >= 4 is 34.8 Å². The number of rotatable bonds is 8. The molecule has 39 heavy (non-hydrogen) atoms. The quantitative estimate of drug-likeness (QED) is 0.283. The molecule has 0 radical (unpaired) electrons. The predicted molar refractivity (Wildman–Crippen MR) is 147 cm³/mol. The Hall–Kier alpha value is -4.00. The van der Waals surface area contributed by atoms with E-state index in [0.717, 1.165) is 22.5 Å². The molecule has 3 aromatic heterocycles. The SMILES string of the molecule is CC(C)(O)c1cc(C2CC2)cn2cc(CNc3cc(NC(=O)C4CC4c4cc(Cl)ccc4C#N)ncn3)nc12. The largest absolute Gasteiger partial charge is 0.386 e. The monoisotopic (exact) mass is 541 g/mol. The molecule has 2 unspecified atom stereocenters. The molecule has 0 saturated heterocycles. The van der Waals surface area contributed by atoms with Crippen LogP contribution in [0.15, 0.2) is 49.1 Å². The molecule has 1 amide bonds. The molecule has 9 nitrogen and oxygen atoms in total. The standard InChI is InChI=1S/C29H28ClN7O2/c1-29(2,39)24-7-18(16-3-4-16)13-37-14-20(35-27(24)37)12-32-25-10-26(34-15-33-25)36-28(38)23-9-22(23)21-8-19(30)6-5-17(21)11-31/h5-8,10,13-16,22-23,39H,3-4,9,12H2,1-2H3,(H2,32,33,34,36,38). The number of imidazole rings is 1. The first-order valence-corrected chi connectivity index (χ1v) is 13.4. The normalized spacial score (nSPS) is 18.5. The Labute approximate surface area is 230 Å². The summed E-state index contributed by atoms with van der Waals surface area (Å²) < 4.78 is 1.99. The van der Waals surface area contributed by atoms with Gasteiger partial charge in [0.15, 0.2) is 0 Å². The van der Waals surface area contributed by atoms with Crippen LogP contribution in [0, 0.1) is 17.2 Å². The Balaban J connectivity index is 1.13. The molecule has 2 atom stereocenters. The molecule has 2 aliphatic carbocycles. The average molecular weight is 542 g/mol. The number of anilines is 2. The molecular formula is C29H28ClN7O2. The number of halogens is 1. The van der Waals surface area contributed by atoms with Crippen LogP contribution in [0.1, 0.15) is 72.9 Å². The summed E-state index contributed by atoms with van der Waals surface area (Å²) in [5, 5.41) is 26.8. The minimum atomic E-state index is -1.01. The fourth-order valence-corrected chi connectivity index (χ4v) is 5.22. The number of hydrogen-bond donors (Lipinski definition) is 3. The first-order valence-electron chi connectivity index (χ1n) is 13.0. The van der Waals surface area contributed by atoms with E-state index in [4.69, 9.17) is 16.6 Å². The van der Waals surface area contributed by atoms with Crippen molar-refractivity contribution < 1.29 is 9.90 Å². The number of nitriles is 1. The highest BCUT2D eigenvalue weighted by atomic mass is 35.5. The lowest BCUT2D eigenvalue weighted by Gasteiger charge is -2.19. The van der Waals surface area contributed by atoms with Gasteiger partial charge in [-0.15, -0.1) is 0 Å². The van der Waals surface area contributed by atoms with E-state index in [0.29, 0.717) is 41.1 Å². The third-order valence-electron chi connectivity index (χ3n) is 7.36. The van der Waals surface area contributed by atoms with Crippen LogP contribution in [-0.4, -0.2) is 30.4 Å². The second-order valence-electron chi connectivity index (χ2n) is 10.9. The zero-order chi connectivity index (χ0) is 27.3. The highest BCUT2D eigenvalue weighted by Gasteiger charge is 2.45. The first kappa shape index (κ1) is 25.3. The molecule has 2 fully saturated rings. The molecule has 0 bridgehead atoms. The van der Waals surface area contributed by atoms with Crippen molar-refractivity contribution in [3.05, 3.63) is 82.0 Å². The highest BCUT2D eigenvalue weighted by molar-refractivity contribution is 6.30. The van der Waals surface area contributed by atoms with Gasteiger partial charge in [-0.2, -0.15) is 5.26 Å². The lowest BCUT2D eigenvalue weighted by Crippen LogP contribution is -2.17. The van der Waals surface area contributed by atoms with Crippen LogP contribution in [0.25, 0.3) is 5.65 Å². The highest BCUT2D eigenvalue weighted by Crippen LogP contribution is 2.49. The Bertz CT molecular complexity index is 1630. The van der Waals surface area contributed by atoms with Crippen LogP contribution < -0.4 is 10.6 Å². The third-order valence-corrected chi connectivity index (χ3v) is 7.59. The molecule has 2 saturated carbocycles. The molecule has 3 heterocycles. The van der Waals surface area contributed by atoms with Gasteiger partial charge in [0, 0.05) is 35.0 Å². The van der Waals surface area contributed by atoms with E-state index in [1.807, 2.05) is 10.6 Å². The lowest BCUT2D eigenvalue weighted by atomic mass is 9.97. The van der Waals surface area contributed by atoms with E-state index in [-0.39, 0.29) is 17.7 Å². The van der Waals surface area contributed by atoms with Crippen LogP contribution >= 0.6 is 11.6 Å². The van der Waals surface area contributed by atoms with Gasteiger partial charge in [-0.3, -0.25) is 4.79 Å². The topological polar surface area (TPSA) is 128 Å². The molecule has 198 valence electrons. The van der Waals surface area contributed by atoms with E-state index in [1.165, 1.54) is 24.7 Å². The van der Waals surface area contributed by atoms with Crippen molar-refractivity contribution in [2.75, 3.05) is 10.6 Å². The molecule has 0 aliphatic heterocycles. The number of fused-ring (bicyclic) bond motifs is 1. The Kier molecular flexibility index (Phi) is 6.25. The fourth-order valence-electron chi connectivity index (χ4n) is 5.04. The number of benzene rings is 1. The zero-order valence-corrected chi connectivity index (χ0v) is 22.4. The number of amides is 1. The van der Waals surface area contributed by atoms with Crippen LogP contribution in [0.3, 0.4) is 0 Å². The second-order valence-corrected chi connectivity index (χ2v) is 11.3. The van der Waals surface area contributed by atoms with Gasteiger partial charge in [0.1, 0.15) is 23.6 Å². The third kappa shape index (κ3) is 5.31. The number of nitrogens with one attached hydrogen (secondary N) is 2. The van der Waals surface area contributed by atoms with Crippen molar-refractivity contribution in [1.29, 1.82) is 5.26 Å². The maximum Gasteiger partial charge on any atom is 0.229 e. The molecule has 1 aromatic carbocycles. The summed E-state index contributed by atoms with van der Waals surface area (Å²) in [5.41, 5.74) is 3.91. The fraction of sp³-hybridized carbons (Fsp3) is 0.345. The van der Waals surface area contributed by atoms with Gasteiger partial charge in [-0.1, -0.05) is 11.6 Å². The Morgan fingerprint density at radius 2 is 2.00 bits per heavy atom. The van der Waals surface area contributed by atoms with E-state index in [2.05, 4.69) is 38.9 Å². The number of aliphatic hydroxyl groups is 1. The first-order chi connectivity index (χ1) is 18.7. The summed E-state index contributed by atoms with van der Waals surface area (Å²) in [6.07, 6.45) is 8.47. The molecule has 3 N–H and O–H groups in total. The van der Waals surface area contributed by atoms with Crippen molar-refractivity contribution in [3.63, 3.8) is 0 Å². The number of aromatic nitrogens is 4. The lowest BCUT2D eigenvalue weighted by molar-refractivity contribution is -0.117. The van der Waals surface area contributed by atoms with E-state index < -0.39 is 5.60 Å². The minimum absolute atomic E-state index is 0.0398. The summed E-state index contributed by atoms with van der Waals surface area (Å²) in [6, 6.07) is 11.1. The maximum atomic E-state index is 12.9. The van der Waals surface area contributed by atoms with E-state index in [9.17, 15) is 15.2 Å². The smallest absolute Gasteiger partial charge is 0.229 e. The van der Waals surface area contributed by atoms with Gasteiger partial charge >= 0.3 is 0 Å². The molecule has 4 aromatic rings. The van der Waals surface area contributed by atoms with E-state index >= 15 is 0 Å². The number of nitrogens with zero attached hydrogens (tertiary/aromatic N) is 5. The molecule has 6 rings (SSSR count). The second kappa shape index (κ2) is 9.63. The van der Waals surface area contributed by atoms with Gasteiger partial charge in [0.05, 0.1) is 29.5 Å². The summed E-state index contributed by atoms with van der Waals surface area (Å²) in [4.78, 5) is 26.1. The van der Waals surface area contributed by atoms with Gasteiger partial charge in [-0.25, -0.2) is 15.0 Å². The molecule has 10 heteroatoms. The van der Waals surface area contributed by atoms with Crippen molar-refractivity contribution in [2.24, 2.45) is 5.92 Å². The number of hydrogen-bond acceptors (Lipinski definition) is 7. The van der Waals surface area contributed by atoms with E-state index in [1.54, 1.807) is 38.1 Å². The maximum absolute atomic E-state index is 12.9. The van der Waals surface area contributed by atoms with Crippen molar-refractivity contribution in [3.8, 4) is 6.07 Å². The van der Waals surface area contributed by atoms with Crippen LogP contribution in [0.2, 0.25) is 5.02 Å². The average Bonchev–Trinajstić information content (AvgIpc) is 3.83. The van der Waals surface area contributed by atoms with Gasteiger partial charge in [0.2, 0.25) is 5.91 Å². The van der Waals surface area contributed by atoms with Crippen LogP contribution in [0.5, 0.6) is 0 Å². The summed E-state index contributed by atoms with van der Waals surface area (Å²) in [7, 11) is 0. The van der Waals surface area contributed by atoms with Crippen molar-refractivity contribution in [1.82, 2.24) is 19.4 Å². The number of carbonyl (C=O) groups is 1. The summed E-state index contributed by atoms with van der Waals surface area (Å²) >= 11 is 6.12. The number of carbonyl (C=O) groups excluding carboxylic acids is 1. The van der Waals surface area contributed by atoms with Gasteiger partial charge < -0.3 is 20.1 Å². The minimum Gasteiger partial charge on any atom is -0.386 e. The molecule has 0 spiro atoms. The Morgan fingerprint density at radius 3 is 2.74 bits per heavy atom. The zero-order valence-electron chi connectivity index (χ0n) is 21.6. The van der Waals surface area contributed by atoms with Crippen LogP contribution in [0.4, 0.5) is 11.6 Å². The van der Waals surface area contributed by atoms with Gasteiger partial charge in [0.25, 0.3) is 0 Å². The van der Waals surface area contributed by atoms with Gasteiger partial charge in [-0.05, 0) is 80.3 Å². The van der Waals surface area contributed by atoms with Crippen LogP contribution in [-0.2, 0) is 16.9 Å². The predicted octanol–water partition coefficient (Wildman–Crippen LogP) is 5.11. The number of pyridine rings is 1. The Morgan fingerprint density at radius 1 is 1.21 bits per heavy atom. The summed E-state index contributed by atoms with van der Waals surface area (Å²) in [6.45, 7) is 3.97. The summed E-state index contributed by atoms with van der Waals surface area (Å²) in [5.74, 6) is 1.06.